The van der Waals surface area contributed by atoms with Crippen molar-refractivity contribution in [3.8, 4) is 6.07 Å². The smallest absolute Gasteiger partial charge is 0.274 e. The second-order valence-electron chi connectivity index (χ2n) is 5.81. The maximum absolute atomic E-state index is 12.5. The predicted octanol–water partition coefficient (Wildman–Crippen LogP) is 4.17. The standard InChI is InChI=1S/C20H16ClN5O/c1-13-24-18(20(27)26-17-8-4-14(11-22)5-9-17)10-19(25-13)23-12-15-2-6-16(21)7-3-15/h2-10H,12H2,1H3,(H,26,27)(H,23,24,25). The Kier molecular flexibility index (Phi) is 5.64. The van der Waals surface area contributed by atoms with Crippen LogP contribution in [0.2, 0.25) is 5.02 Å². The van der Waals surface area contributed by atoms with Crippen molar-refractivity contribution in [2.75, 3.05) is 10.6 Å². The molecule has 0 saturated heterocycles. The van der Waals surface area contributed by atoms with Gasteiger partial charge in [-0.05, 0) is 48.9 Å². The van der Waals surface area contributed by atoms with Crippen molar-refractivity contribution in [3.63, 3.8) is 0 Å². The lowest BCUT2D eigenvalue weighted by Gasteiger charge is -2.09. The van der Waals surface area contributed by atoms with Crippen LogP contribution >= 0.6 is 11.6 Å². The number of hydrogen-bond donors (Lipinski definition) is 2. The van der Waals surface area contributed by atoms with Crippen LogP contribution in [0, 0.1) is 18.3 Å². The number of carbonyl (C=O) groups is 1. The van der Waals surface area contributed by atoms with Crippen LogP contribution in [0.5, 0.6) is 0 Å². The van der Waals surface area contributed by atoms with Crippen molar-refractivity contribution in [1.82, 2.24) is 9.97 Å². The highest BCUT2D eigenvalue weighted by atomic mass is 35.5. The van der Waals surface area contributed by atoms with E-state index in [1.54, 1.807) is 37.3 Å². The van der Waals surface area contributed by atoms with Gasteiger partial charge in [0.15, 0.2) is 0 Å². The van der Waals surface area contributed by atoms with Gasteiger partial charge in [-0.15, -0.1) is 0 Å². The summed E-state index contributed by atoms with van der Waals surface area (Å²) in [6.07, 6.45) is 0. The highest BCUT2D eigenvalue weighted by molar-refractivity contribution is 6.30. The molecule has 0 spiro atoms. The van der Waals surface area contributed by atoms with Gasteiger partial charge in [0, 0.05) is 23.3 Å². The quantitative estimate of drug-likeness (QED) is 0.696. The molecule has 0 atom stereocenters. The number of halogens is 1. The van der Waals surface area contributed by atoms with Gasteiger partial charge < -0.3 is 10.6 Å². The first kappa shape index (κ1) is 18.4. The van der Waals surface area contributed by atoms with Gasteiger partial charge in [0.1, 0.15) is 17.3 Å². The monoisotopic (exact) mass is 377 g/mol. The minimum absolute atomic E-state index is 0.255. The summed E-state index contributed by atoms with van der Waals surface area (Å²) in [5, 5.41) is 15.5. The van der Waals surface area contributed by atoms with E-state index in [0.29, 0.717) is 34.5 Å². The molecule has 2 aromatic carbocycles. The summed E-state index contributed by atoms with van der Waals surface area (Å²) in [5.74, 6) is 0.697. The summed E-state index contributed by atoms with van der Waals surface area (Å²) in [5.41, 5.74) is 2.41. The first-order chi connectivity index (χ1) is 13.0. The Labute approximate surface area is 161 Å². The van der Waals surface area contributed by atoms with Crippen LogP contribution in [-0.4, -0.2) is 15.9 Å². The van der Waals surface area contributed by atoms with E-state index in [9.17, 15) is 4.79 Å². The fourth-order valence-corrected chi connectivity index (χ4v) is 2.52. The van der Waals surface area contributed by atoms with Crippen molar-refractivity contribution in [2.45, 2.75) is 13.5 Å². The first-order valence-electron chi connectivity index (χ1n) is 8.19. The van der Waals surface area contributed by atoms with Crippen LogP contribution in [0.1, 0.15) is 27.4 Å². The average molecular weight is 378 g/mol. The lowest BCUT2D eigenvalue weighted by Crippen LogP contribution is -2.15. The average Bonchev–Trinajstić information content (AvgIpc) is 2.68. The van der Waals surface area contributed by atoms with Gasteiger partial charge >= 0.3 is 0 Å². The second kappa shape index (κ2) is 8.30. The molecule has 1 amide bonds. The minimum Gasteiger partial charge on any atom is -0.366 e. The zero-order valence-electron chi connectivity index (χ0n) is 14.5. The number of anilines is 2. The summed E-state index contributed by atoms with van der Waals surface area (Å²) in [6.45, 7) is 2.27. The molecule has 0 aliphatic carbocycles. The van der Waals surface area contributed by atoms with E-state index in [1.807, 2.05) is 30.3 Å². The Bertz CT molecular complexity index is 994. The van der Waals surface area contributed by atoms with E-state index in [2.05, 4.69) is 20.6 Å². The number of nitrogens with zero attached hydrogens (tertiary/aromatic N) is 3. The van der Waals surface area contributed by atoms with Crippen molar-refractivity contribution >= 4 is 29.0 Å². The lowest BCUT2D eigenvalue weighted by atomic mass is 10.2. The fourth-order valence-electron chi connectivity index (χ4n) is 2.39. The number of hydrogen-bond acceptors (Lipinski definition) is 5. The lowest BCUT2D eigenvalue weighted by molar-refractivity contribution is 0.102. The Balaban J connectivity index is 1.70. The molecule has 3 rings (SSSR count). The van der Waals surface area contributed by atoms with Crippen LogP contribution in [0.4, 0.5) is 11.5 Å². The first-order valence-corrected chi connectivity index (χ1v) is 8.57. The molecule has 0 saturated carbocycles. The molecule has 27 heavy (non-hydrogen) atoms. The van der Waals surface area contributed by atoms with Gasteiger partial charge in [-0.25, -0.2) is 9.97 Å². The van der Waals surface area contributed by atoms with Crippen LogP contribution in [0.15, 0.2) is 54.6 Å². The van der Waals surface area contributed by atoms with E-state index in [1.165, 1.54) is 0 Å². The fraction of sp³-hybridized carbons (Fsp3) is 0.100. The number of amides is 1. The highest BCUT2D eigenvalue weighted by Crippen LogP contribution is 2.14. The molecule has 134 valence electrons. The van der Waals surface area contributed by atoms with Crippen LogP contribution in [0.3, 0.4) is 0 Å². The Morgan fingerprint density at radius 1 is 1.11 bits per heavy atom. The second-order valence-corrected chi connectivity index (χ2v) is 6.25. The Hall–Kier alpha value is -3.43. The molecule has 1 aromatic heterocycles. The number of aryl methyl sites for hydroxylation is 1. The van der Waals surface area contributed by atoms with Crippen LogP contribution < -0.4 is 10.6 Å². The molecule has 3 aromatic rings. The van der Waals surface area contributed by atoms with E-state index in [0.717, 1.165) is 5.56 Å². The molecular formula is C20H16ClN5O. The van der Waals surface area contributed by atoms with E-state index in [4.69, 9.17) is 16.9 Å². The van der Waals surface area contributed by atoms with Gasteiger partial charge in [-0.3, -0.25) is 4.79 Å². The molecule has 7 heteroatoms. The molecule has 0 bridgehead atoms. The molecular weight excluding hydrogens is 362 g/mol. The molecule has 0 radical (unpaired) electrons. The number of carbonyl (C=O) groups excluding carboxylic acids is 1. The number of aromatic nitrogens is 2. The SMILES string of the molecule is Cc1nc(NCc2ccc(Cl)cc2)cc(C(=O)Nc2ccc(C#N)cc2)n1. The summed E-state index contributed by atoms with van der Waals surface area (Å²) in [4.78, 5) is 21.0. The Morgan fingerprint density at radius 3 is 2.48 bits per heavy atom. The third-order valence-electron chi connectivity index (χ3n) is 3.73. The topological polar surface area (TPSA) is 90.7 Å². The van der Waals surface area contributed by atoms with Crippen LogP contribution in [-0.2, 0) is 6.54 Å². The summed E-state index contributed by atoms with van der Waals surface area (Å²) < 4.78 is 0. The summed E-state index contributed by atoms with van der Waals surface area (Å²) in [6, 6.07) is 17.7. The zero-order valence-corrected chi connectivity index (χ0v) is 15.3. The molecule has 0 unspecified atom stereocenters. The van der Waals surface area contributed by atoms with Crippen LogP contribution in [0.25, 0.3) is 0 Å². The molecule has 0 fully saturated rings. The summed E-state index contributed by atoms with van der Waals surface area (Å²) >= 11 is 5.89. The van der Waals surface area contributed by atoms with E-state index < -0.39 is 0 Å². The van der Waals surface area contributed by atoms with E-state index in [-0.39, 0.29) is 11.6 Å². The molecule has 1 heterocycles. The normalized spacial score (nSPS) is 10.1. The number of rotatable bonds is 5. The molecule has 0 aliphatic rings. The maximum Gasteiger partial charge on any atom is 0.274 e. The summed E-state index contributed by atoms with van der Waals surface area (Å²) in [7, 11) is 0. The third kappa shape index (κ3) is 5.03. The molecule has 6 nitrogen and oxygen atoms in total. The highest BCUT2D eigenvalue weighted by Gasteiger charge is 2.11. The number of nitrogens with one attached hydrogen (secondary N) is 2. The number of benzene rings is 2. The van der Waals surface area contributed by atoms with Crippen molar-refractivity contribution in [1.29, 1.82) is 5.26 Å². The molecule has 0 aliphatic heterocycles. The van der Waals surface area contributed by atoms with Crippen molar-refractivity contribution < 1.29 is 4.79 Å². The van der Waals surface area contributed by atoms with Gasteiger partial charge in [-0.2, -0.15) is 5.26 Å². The zero-order chi connectivity index (χ0) is 19.2. The maximum atomic E-state index is 12.5. The third-order valence-corrected chi connectivity index (χ3v) is 3.98. The molecule has 2 N–H and O–H groups in total. The van der Waals surface area contributed by atoms with Gasteiger partial charge in [-0.1, -0.05) is 23.7 Å². The Morgan fingerprint density at radius 2 is 1.81 bits per heavy atom. The minimum atomic E-state index is -0.347. The van der Waals surface area contributed by atoms with Gasteiger partial charge in [0.25, 0.3) is 5.91 Å². The van der Waals surface area contributed by atoms with Gasteiger partial charge in [0.2, 0.25) is 0 Å². The van der Waals surface area contributed by atoms with E-state index >= 15 is 0 Å². The largest absolute Gasteiger partial charge is 0.366 e. The van der Waals surface area contributed by atoms with Crippen molar-refractivity contribution in [2.24, 2.45) is 0 Å². The van der Waals surface area contributed by atoms with Crippen molar-refractivity contribution in [3.05, 3.63) is 82.3 Å². The van der Waals surface area contributed by atoms with Gasteiger partial charge in [0.05, 0.1) is 11.6 Å². The number of nitriles is 1. The predicted molar refractivity (Wildman–Crippen MR) is 105 cm³/mol.